The van der Waals surface area contributed by atoms with E-state index in [9.17, 15) is 13.2 Å². The van der Waals surface area contributed by atoms with Gasteiger partial charge in [-0.05, 0) is 43.5 Å². The molecule has 1 aromatic rings. The number of benzene rings is 1. The molecule has 6 heteroatoms. The van der Waals surface area contributed by atoms with E-state index in [4.69, 9.17) is 4.74 Å². The van der Waals surface area contributed by atoms with E-state index in [1.54, 1.807) is 12.1 Å². The molecule has 0 aliphatic heterocycles. The summed E-state index contributed by atoms with van der Waals surface area (Å²) in [6, 6.07) is 6.44. The van der Waals surface area contributed by atoms with E-state index in [0.29, 0.717) is 31.1 Å². The quantitative estimate of drug-likeness (QED) is 0.744. The van der Waals surface area contributed by atoms with E-state index in [0.717, 1.165) is 0 Å². The number of sulfone groups is 1. The summed E-state index contributed by atoms with van der Waals surface area (Å²) < 4.78 is 28.2. The maximum Gasteiger partial charge on any atom is 0.220 e. The molecule has 1 N–H and O–H groups in total. The molecule has 1 aromatic carbocycles. The Bertz CT molecular complexity index is 579. The fourth-order valence-corrected chi connectivity index (χ4v) is 2.33. The largest absolute Gasteiger partial charge is 0.494 e. The van der Waals surface area contributed by atoms with Gasteiger partial charge in [0, 0.05) is 18.7 Å². The van der Waals surface area contributed by atoms with Crippen LogP contribution in [0.4, 0.5) is 0 Å². The van der Waals surface area contributed by atoms with Gasteiger partial charge in [0.1, 0.15) is 5.75 Å². The maximum absolute atomic E-state index is 11.7. The van der Waals surface area contributed by atoms with Gasteiger partial charge >= 0.3 is 0 Å². The summed E-state index contributed by atoms with van der Waals surface area (Å²) in [5.41, 5.74) is 0. The number of amides is 1. The molecule has 0 aliphatic carbocycles. The molecule has 0 saturated carbocycles. The van der Waals surface area contributed by atoms with Crippen LogP contribution < -0.4 is 10.1 Å². The first-order chi connectivity index (χ1) is 10.2. The Morgan fingerprint density at radius 3 is 2.27 bits per heavy atom. The van der Waals surface area contributed by atoms with Crippen LogP contribution in [0.3, 0.4) is 0 Å². The van der Waals surface area contributed by atoms with Crippen LogP contribution in [0.25, 0.3) is 0 Å². The van der Waals surface area contributed by atoms with Gasteiger partial charge in [0.15, 0.2) is 9.84 Å². The van der Waals surface area contributed by atoms with Crippen molar-refractivity contribution in [3.05, 3.63) is 24.3 Å². The highest BCUT2D eigenvalue weighted by atomic mass is 32.2. The van der Waals surface area contributed by atoms with Crippen molar-refractivity contribution in [3.8, 4) is 5.75 Å². The molecule has 0 bridgehead atoms. The Hall–Kier alpha value is -1.56. The average Bonchev–Trinajstić information content (AvgIpc) is 2.43. The topological polar surface area (TPSA) is 72.5 Å². The van der Waals surface area contributed by atoms with Crippen molar-refractivity contribution < 1.29 is 17.9 Å². The molecule has 1 amide bonds. The summed E-state index contributed by atoms with van der Waals surface area (Å²) in [6.07, 6.45) is 2.20. The summed E-state index contributed by atoms with van der Waals surface area (Å²) in [6.45, 7) is 6.53. The van der Waals surface area contributed by atoms with E-state index in [1.807, 2.05) is 6.92 Å². The van der Waals surface area contributed by atoms with Gasteiger partial charge in [-0.15, -0.1) is 0 Å². The van der Waals surface area contributed by atoms with Crippen LogP contribution in [0.1, 0.15) is 33.6 Å². The third-order valence-corrected chi connectivity index (χ3v) is 4.59. The van der Waals surface area contributed by atoms with Crippen LogP contribution in [0.15, 0.2) is 29.2 Å². The number of ether oxygens (including phenoxy) is 1. The van der Waals surface area contributed by atoms with Gasteiger partial charge in [-0.25, -0.2) is 8.42 Å². The SMILES string of the molecule is CC(C)C(C)NC(=O)CCCOc1ccc(S(C)(=O)=O)cc1. The van der Waals surface area contributed by atoms with Crippen LogP contribution in [-0.4, -0.2) is 33.2 Å². The van der Waals surface area contributed by atoms with Gasteiger partial charge in [0.05, 0.1) is 11.5 Å². The minimum Gasteiger partial charge on any atom is -0.494 e. The van der Waals surface area contributed by atoms with Gasteiger partial charge in [0.25, 0.3) is 0 Å². The monoisotopic (exact) mass is 327 g/mol. The molecule has 0 saturated heterocycles. The van der Waals surface area contributed by atoms with Crippen molar-refractivity contribution in [2.45, 2.75) is 44.6 Å². The van der Waals surface area contributed by atoms with Crippen molar-refractivity contribution in [1.29, 1.82) is 0 Å². The Labute approximate surface area is 133 Å². The van der Waals surface area contributed by atoms with Crippen molar-refractivity contribution in [3.63, 3.8) is 0 Å². The molecule has 0 fully saturated rings. The predicted octanol–water partition coefficient (Wildman–Crippen LogP) is 2.41. The number of carbonyl (C=O) groups excluding carboxylic acids is 1. The van der Waals surface area contributed by atoms with Gasteiger partial charge in [-0.3, -0.25) is 4.79 Å². The lowest BCUT2D eigenvalue weighted by Crippen LogP contribution is -2.36. The molecule has 1 unspecified atom stereocenters. The maximum atomic E-state index is 11.7. The van der Waals surface area contributed by atoms with E-state index < -0.39 is 9.84 Å². The first-order valence-electron chi connectivity index (χ1n) is 7.42. The summed E-state index contributed by atoms with van der Waals surface area (Å²) in [5, 5.41) is 2.94. The highest BCUT2D eigenvalue weighted by molar-refractivity contribution is 7.90. The number of hydrogen-bond donors (Lipinski definition) is 1. The van der Waals surface area contributed by atoms with Gasteiger partial charge in [0.2, 0.25) is 5.91 Å². The minimum atomic E-state index is -3.18. The number of rotatable bonds is 8. The first kappa shape index (κ1) is 18.5. The summed E-state index contributed by atoms with van der Waals surface area (Å²) in [7, 11) is -3.18. The summed E-state index contributed by atoms with van der Waals surface area (Å²) in [4.78, 5) is 12.0. The molecule has 0 spiro atoms. The lowest BCUT2D eigenvalue weighted by Gasteiger charge is -2.17. The standard InChI is InChI=1S/C16H25NO4S/c1-12(2)13(3)17-16(18)6-5-11-21-14-7-9-15(10-8-14)22(4,19)20/h7-10,12-13H,5-6,11H2,1-4H3,(H,17,18). The average molecular weight is 327 g/mol. The van der Waals surface area contributed by atoms with E-state index >= 15 is 0 Å². The lowest BCUT2D eigenvalue weighted by atomic mass is 10.1. The van der Waals surface area contributed by atoms with Crippen LogP contribution >= 0.6 is 0 Å². The normalized spacial score (nSPS) is 13.0. The Morgan fingerprint density at radius 1 is 1.18 bits per heavy atom. The van der Waals surface area contributed by atoms with E-state index in [-0.39, 0.29) is 16.8 Å². The van der Waals surface area contributed by atoms with Crippen LogP contribution in [-0.2, 0) is 14.6 Å². The molecule has 0 radical (unpaired) electrons. The zero-order valence-electron chi connectivity index (χ0n) is 13.6. The third-order valence-electron chi connectivity index (χ3n) is 3.46. The highest BCUT2D eigenvalue weighted by Crippen LogP contribution is 2.16. The predicted molar refractivity (Wildman–Crippen MR) is 86.7 cm³/mol. The van der Waals surface area contributed by atoms with Crippen molar-refractivity contribution in [1.82, 2.24) is 5.32 Å². The third kappa shape index (κ3) is 6.47. The molecular weight excluding hydrogens is 302 g/mol. The highest BCUT2D eigenvalue weighted by Gasteiger charge is 2.10. The molecule has 0 aliphatic rings. The molecule has 22 heavy (non-hydrogen) atoms. The van der Waals surface area contributed by atoms with Crippen LogP contribution in [0, 0.1) is 5.92 Å². The second-order valence-electron chi connectivity index (χ2n) is 5.80. The molecular formula is C16H25NO4S. The van der Waals surface area contributed by atoms with E-state index in [1.165, 1.54) is 18.4 Å². The fraction of sp³-hybridized carbons (Fsp3) is 0.562. The van der Waals surface area contributed by atoms with Crippen LogP contribution in [0.2, 0.25) is 0 Å². The fourth-order valence-electron chi connectivity index (χ4n) is 1.70. The lowest BCUT2D eigenvalue weighted by molar-refractivity contribution is -0.122. The van der Waals surface area contributed by atoms with E-state index in [2.05, 4.69) is 19.2 Å². The first-order valence-corrected chi connectivity index (χ1v) is 9.31. The second-order valence-corrected chi connectivity index (χ2v) is 7.81. The zero-order valence-corrected chi connectivity index (χ0v) is 14.4. The Morgan fingerprint density at radius 2 is 1.77 bits per heavy atom. The minimum absolute atomic E-state index is 0.0252. The van der Waals surface area contributed by atoms with Crippen LogP contribution in [0.5, 0.6) is 5.75 Å². The van der Waals surface area contributed by atoms with Gasteiger partial charge in [-0.1, -0.05) is 13.8 Å². The number of nitrogens with one attached hydrogen (secondary N) is 1. The molecule has 1 atom stereocenters. The Kier molecular flexibility index (Phi) is 6.87. The van der Waals surface area contributed by atoms with Gasteiger partial charge in [-0.2, -0.15) is 0 Å². The summed E-state index contributed by atoms with van der Waals surface area (Å²) >= 11 is 0. The zero-order chi connectivity index (χ0) is 16.8. The molecule has 124 valence electrons. The van der Waals surface area contributed by atoms with Gasteiger partial charge < -0.3 is 10.1 Å². The van der Waals surface area contributed by atoms with Crippen molar-refractivity contribution in [2.75, 3.05) is 12.9 Å². The second kappa shape index (κ2) is 8.17. The molecule has 0 aromatic heterocycles. The Balaban J connectivity index is 2.32. The molecule has 0 heterocycles. The smallest absolute Gasteiger partial charge is 0.220 e. The molecule has 5 nitrogen and oxygen atoms in total. The van der Waals surface area contributed by atoms with Crippen molar-refractivity contribution >= 4 is 15.7 Å². The number of carbonyl (C=O) groups is 1. The molecule has 1 rings (SSSR count). The van der Waals surface area contributed by atoms with Crippen molar-refractivity contribution in [2.24, 2.45) is 5.92 Å². The number of hydrogen-bond acceptors (Lipinski definition) is 4. The summed E-state index contributed by atoms with van der Waals surface area (Å²) in [5.74, 6) is 1.04.